The molecule has 0 bridgehead atoms. The molecule has 1 aromatic heterocycles. The number of amides is 1. The number of benzene rings is 2. The van der Waals surface area contributed by atoms with Crippen molar-refractivity contribution in [3.05, 3.63) is 64.3 Å². The number of thiophene rings is 1. The van der Waals surface area contributed by atoms with Crippen LogP contribution in [-0.2, 0) is 9.53 Å². The van der Waals surface area contributed by atoms with E-state index in [1.807, 2.05) is 6.07 Å². The van der Waals surface area contributed by atoms with Gasteiger partial charge in [-0.3, -0.25) is 4.79 Å². The molecule has 0 saturated carbocycles. The molecule has 2 aromatic carbocycles. The number of esters is 1. The lowest BCUT2D eigenvalue weighted by Gasteiger charge is -2.14. The predicted octanol–water partition coefficient (Wildman–Crippen LogP) is 4.40. The maximum atomic E-state index is 14.0. The molecule has 0 aliphatic carbocycles. The Bertz CT molecular complexity index is 1080. The second-order valence-corrected chi connectivity index (χ2v) is 6.92. The second-order valence-electron chi connectivity index (χ2n) is 5.86. The van der Waals surface area contributed by atoms with Crippen LogP contribution in [0.2, 0.25) is 0 Å². The number of rotatable bonds is 4. The molecule has 7 heteroatoms. The Labute approximate surface area is 159 Å². The number of carbonyl (C=O) groups excluding carboxylic acids is 2. The summed E-state index contributed by atoms with van der Waals surface area (Å²) in [5.41, 5.74) is 1.13. The fraction of sp³-hybridized carbons (Fsp3) is 0.150. The van der Waals surface area contributed by atoms with Gasteiger partial charge in [-0.1, -0.05) is 18.2 Å². The molecular weight excluding hydrogens is 367 g/mol. The summed E-state index contributed by atoms with van der Waals surface area (Å²) in [6.45, 7) is 3.08. The van der Waals surface area contributed by atoms with E-state index in [1.165, 1.54) is 13.0 Å². The SMILES string of the molecule is Cc1c(C(=O)O[C@@H](C)C(=O)Nc2ccccc2C#N)sc2cccc(F)c12. The Morgan fingerprint density at radius 1 is 1.22 bits per heavy atom. The molecule has 3 rings (SSSR count). The first-order valence-corrected chi connectivity index (χ1v) is 8.92. The van der Waals surface area contributed by atoms with Crippen molar-refractivity contribution in [3.8, 4) is 6.07 Å². The van der Waals surface area contributed by atoms with Gasteiger partial charge in [-0.15, -0.1) is 11.3 Å². The number of hydrogen-bond acceptors (Lipinski definition) is 5. The van der Waals surface area contributed by atoms with Crippen molar-refractivity contribution >= 4 is 39.0 Å². The third-order valence-corrected chi connectivity index (χ3v) is 5.28. The van der Waals surface area contributed by atoms with Crippen LogP contribution in [-0.4, -0.2) is 18.0 Å². The largest absolute Gasteiger partial charge is 0.448 e. The monoisotopic (exact) mass is 382 g/mol. The molecule has 0 fully saturated rings. The topological polar surface area (TPSA) is 79.2 Å². The highest BCUT2D eigenvalue weighted by atomic mass is 32.1. The van der Waals surface area contributed by atoms with Crippen LogP contribution in [0.4, 0.5) is 10.1 Å². The van der Waals surface area contributed by atoms with Gasteiger partial charge in [0, 0.05) is 10.1 Å². The molecule has 1 heterocycles. The molecule has 0 spiro atoms. The van der Waals surface area contributed by atoms with Gasteiger partial charge < -0.3 is 10.1 Å². The van der Waals surface area contributed by atoms with E-state index in [1.54, 1.807) is 43.3 Å². The fourth-order valence-corrected chi connectivity index (χ4v) is 3.75. The average Bonchev–Trinajstić information content (AvgIpc) is 3.00. The number of anilines is 1. The number of halogens is 1. The maximum Gasteiger partial charge on any atom is 0.349 e. The summed E-state index contributed by atoms with van der Waals surface area (Å²) in [5, 5.41) is 12.0. The molecule has 1 N–H and O–H groups in total. The van der Waals surface area contributed by atoms with Gasteiger partial charge in [-0.05, 0) is 43.7 Å². The number of fused-ring (bicyclic) bond motifs is 1. The Balaban J connectivity index is 1.76. The minimum absolute atomic E-state index is 0.257. The number of para-hydroxylation sites is 1. The zero-order chi connectivity index (χ0) is 19.6. The van der Waals surface area contributed by atoms with Gasteiger partial charge in [-0.2, -0.15) is 5.26 Å². The van der Waals surface area contributed by atoms with E-state index in [2.05, 4.69) is 5.32 Å². The van der Waals surface area contributed by atoms with Crippen molar-refractivity contribution in [1.82, 2.24) is 0 Å². The van der Waals surface area contributed by atoms with E-state index < -0.39 is 23.8 Å². The number of aryl methyl sites for hydroxylation is 1. The molecular formula is C20H15FN2O3S. The van der Waals surface area contributed by atoms with E-state index in [-0.39, 0.29) is 4.88 Å². The highest BCUT2D eigenvalue weighted by Crippen LogP contribution is 2.33. The normalized spacial score (nSPS) is 11.6. The predicted molar refractivity (Wildman–Crippen MR) is 101 cm³/mol. The van der Waals surface area contributed by atoms with Crippen LogP contribution in [0, 0.1) is 24.1 Å². The molecule has 136 valence electrons. The number of hydrogen-bond donors (Lipinski definition) is 1. The molecule has 1 atom stereocenters. The van der Waals surface area contributed by atoms with Crippen LogP contribution in [0.15, 0.2) is 42.5 Å². The van der Waals surface area contributed by atoms with Gasteiger partial charge in [0.1, 0.15) is 16.8 Å². The van der Waals surface area contributed by atoms with Crippen LogP contribution in [0.5, 0.6) is 0 Å². The zero-order valence-electron chi connectivity index (χ0n) is 14.6. The Kier molecular flexibility index (Phi) is 5.19. The zero-order valence-corrected chi connectivity index (χ0v) is 15.4. The number of nitrogens with one attached hydrogen (secondary N) is 1. The smallest absolute Gasteiger partial charge is 0.349 e. The highest BCUT2D eigenvalue weighted by Gasteiger charge is 2.24. The highest BCUT2D eigenvalue weighted by molar-refractivity contribution is 7.21. The standard InChI is InChI=1S/C20H15FN2O3S/c1-11-17-14(21)7-5-9-16(17)27-18(11)20(25)26-12(2)19(24)23-15-8-4-3-6-13(15)10-22/h3-9,12H,1-2H3,(H,23,24)/t12-/m0/s1. The molecule has 27 heavy (non-hydrogen) atoms. The van der Waals surface area contributed by atoms with Gasteiger partial charge in [0.2, 0.25) is 0 Å². The molecule has 0 unspecified atom stereocenters. The Morgan fingerprint density at radius 2 is 1.96 bits per heavy atom. The van der Waals surface area contributed by atoms with Crippen molar-refractivity contribution in [2.24, 2.45) is 0 Å². The summed E-state index contributed by atoms with van der Waals surface area (Å²) in [4.78, 5) is 25.0. The third kappa shape index (κ3) is 3.66. The summed E-state index contributed by atoms with van der Waals surface area (Å²) < 4.78 is 19.9. The lowest BCUT2D eigenvalue weighted by atomic mass is 10.1. The van der Waals surface area contributed by atoms with Crippen LogP contribution < -0.4 is 5.32 Å². The van der Waals surface area contributed by atoms with Crippen LogP contribution in [0.25, 0.3) is 10.1 Å². The van der Waals surface area contributed by atoms with Gasteiger partial charge in [-0.25, -0.2) is 9.18 Å². The van der Waals surface area contributed by atoms with Gasteiger partial charge in [0.15, 0.2) is 6.10 Å². The quantitative estimate of drug-likeness (QED) is 0.678. The van der Waals surface area contributed by atoms with E-state index >= 15 is 0 Å². The summed E-state index contributed by atoms with van der Waals surface area (Å²) in [6, 6.07) is 13.1. The molecule has 0 radical (unpaired) electrons. The summed E-state index contributed by atoms with van der Waals surface area (Å²) in [6.07, 6.45) is -1.08. The lowest BCUT2D eigenvalue weighted by molar-refractivity contribution is -0.123. The van der Waals surface area contributed by atoms with Crippen molar-refractivity contribution < 1.29 is 18.7 Å². The van der Waals surface area contributed by atoms with Crippen molar-refractivity contribution in [3.63, 3.8) is 0 Å². The fourth-order valence-electron chi connectivity index (χ4n) is 2.64. The molecule has 0 aliphatic heterocycles. The number of carbonyl (C=O) groups is 2. The molecule has 0 aliphatic rings. The number of ether oxygens (including phenoxy) is 1. The van der Waals surface area contributed by atoms with Gasteiger partial charge in [0.25, 0.3) is 5.91 Å². The summed E-state index contributed by atoms with van der Waals surface area (Å²) >= 11 is 1.12. The Morgan fingerprint density at radius 3 is 2.67 bits per heavy atom. The lowest BCUT2D eigenvalue weighted by Crippen LogP contribution is -2.30. The van der Waals surface area contributed by atoms with Crippen LogP contribution >= 0.6 is 11.3 Å². The first-order chi connectivity index (χ1) is 12.9. The third-order valence-electron chi connectivity index (χ3n) is 4.05. The molecule has 0 saturated heterocycles. The van der Waals surface area contributed by atoms with Crippen molar-refractivity contribution in [1.29, 1.82) is 5.26 Å². The second kappa shape index (κ2) is 7.56. The van der Waals surface area contributed by atoms with Crippen LogP contribution in [0.3, 0.4) is 0 Å². The van der Waals surface area contributed by atoms with E-state index in [4.69, 9.17) is 10.00 Å². The first kappa shape index (κ1) is 18.5. The van der Waals surface area contributed by atoms with Crippen molar-refractivity contribution in [2.75, 3.05) is 5.32 Å². The van der Waals surface area contributed by atoms with E-state index in [0.29, 0.717) is 26.9 Å². The maximum absolute atomic E-state index is 14.0. The first-order valence-electron chi connectivity index (χ1n) is 8.11. The summed E-state index contributed by atoms with van der Waals surface area (Å²) in [5.74, 6) is -1.65. The Hall–Kier alpha value is -3.24. The molecule has 1 amide bonds. The van der Waals surface area contributed by atoms with Gasteiger partial charge in [0.05, 0.1) is 11.3 Å². The minimum Gasteiger partial charge on any atom is -0.448 e. The number of nitrogens with zero attached hydrogens (tertiary/aromatic N) is 1. The van der Waals surface area contributed by atoms with Crippen LogP contribution in [0.1, 0.15) is 27.7 Å². The number of nitriles is 1. The van der Waals surface area contributed by atoms with Gasteiger partial charge >= 0.3 is 5.97 Å². The summed E-state index contributed by atoms with van der Waals surface area (Å²) in [7, 11) is 0. The molecule has 3 aromatic rings. The molecule has 5 nitrogen and oxygen atoms in total. The van der Waals surface area contributed by atoms with E-state index in [0.717, 1.165) is 11.3 Å². The average molecular weight is 382 g/mol. The van der Waals surface area contributed by atoms with Crippen molar-refractivity contribution in [2.45, 2.75) is 20.0 Å². The minimum atomic E-state index is -1.08. The van der Waals surface area contributed by atoms with E-state index in [9.17, 15) is 14.0 Å².